The molecule has 3 aliphatic rings. The lowest BCUT2D eigenvalue weighted by Crippen LogP contribution is -2.58. The Balaban J connectivity index is 1.41. The van der Waals surface area contributed by atoms with Crippen LogP contribution in [0.25, 0.3) is 11.1 Å². The van der Waals surface area contributed by atoms with Gasteiger partial charge in [0, 0.05) is 23.2 Å². The molecule has 1 saturated carbocycles. The number of nitrogens with one attached hydrogen (secondary N) is 3. The minimum atomic E-state index is -2.92. The summed E-state index contributed by atoms with van der Waals surface area (Å²) in [5.41, 5.74) is 5.35. The molecule has 3 fully saturated rings. The number of hydrogen-bond acceptors (Lipinski definition) is 8. The number of nitrogens with zero attached hydrogens (tertiary/aromatic N) is 3. The number of alkyl halides is 4. The summed E-state index contributed by atoms with van der Waals surface area (Å²) in [6.45, 7) is -1.36. The maximum Gasteiger partial charge on any atom is 0.282 e. The van der Waals surface area contributed by atoms with Gasteiger partial charge in [0.1, 0.15) is 22.3 Å². The van der Waals surface area contributed by atoms with Crippen molar-refractivity contribution in [3.63, 3.8) is 0 Å². The fourth-order valence-corrected chi connectivity index (χ4v) is 4.88. The normalized spacial score (nSPS) is 21.6. The van der Waals surface area contributed by atoms with Gasteiger partial charge in [-0.2, -0.15) is 0 Å². The Morgan fingerprint density at radius 3 is 2.62 bits per heavy atom. The van der Waals surface area contributed by atoms with E-state index in [1.807, 2.05) is 0 Å². The highest BCUT2D eigenvalue weighted by Gasteiger charge is 2.46. The summed E-state index contributed by atoms with van der Waals surface area (Å²) in [7, 11) is 1.32. The number of amides is 2. The van der Waals surface area contributed by atoms with Gasteiger partial charge < -0.3 is 15.0 Å². The van der Waals surface area contributed by atoms with Crippen LogP contribution in [0.2, 0.25) is 0 Å². The van der Waals surface area contributed by atoms with Gasteiger partial charge in [-0.3, -0.25) is 19.6 Å². The monoisotopic (exact) mass is 564 g/mol. The lowest BCUT2D eigenvalue weighted by molar-refractivity contribution is -0.165. The van der Waals surface area contributed by atoms with Gasteiger partial charge in [0.05, 0.1) is 44.1 Å². The molecule has 9 nitrogen and oxygen atoms in total. The molecule has 2 amide bonds. The topological polar surface area (TPSA) is 108 Å². The molecule has 2 aromatic rings. The number of thioether (sulfide) groups is 1. The molecule has 2 atom stereocenters. The molecule has 206 valence electrons. The second-order valence-corrected chi connectivity index (χ2v) is 10.6. The molecule has 2 saturated heterocycles. The molecule has 5 rings (SSSR count). The Morgan fingerprint density at radius 1 is 1.18 bits per heavy atom. The number of carbonyl (C=O) groups excluding carboxylic acids is 2. The van der Waals surface area contributed by atoms with Crippen LogP contribution in [-0.4, -0.2) is 63.7 Å². The van der Waals surface area contributed by atoms with E-state index in [0.717, 1.165) is 30.0 Å². The van der Waals surface area contributed by atoms with E-state index < -0.39 is 48.4 Å². The second kappa shape index (κ2) is 11.0. The first-order chi connectivity index (χ1) is 18.6. The summed E-state index contributed by atoms with van der Waals surface area (Å²) in [5.74, 6) is 2.74. The van der Waals surface area contributed by atoms with Crippen LogP contribution in [0, 0.1) is 17.8 Å². The van der Waals surface area contributed by atoms with Gasteiger partial charge >= 0.3 is 0 Å². The summed E-state index contributed by atoms with van der Waals surface area (Å²) < 4.78 is 58.7. The van der Waals surface area contributed by atoms with E-state index >= 15 is 0 Å². The third-order valence-corrected chi connectivity index (χ3v) is 7.25. The summed E-state index contributed by atoms with van der Waals surface area (Å²) in [6.07, 6.45) is 1.31. The fourth-order valence-electron chi connectivity index (χ4n) is 4.02. The lowest BCUT2D eigenvalue weighted by Gasteiger charge is -2.38. The minimum Gasteiger partial charge on any atom is -0.494 e. The Morgan fingerprint density at radius 2 is 1.95 bits per heavy atom. The molecule has 0 aromatic carbocycles. The average Bonchev–Trinajstić information content (AvgIpc) is 3.62. The van der Waals surface area contributed by atoms with Gasteiger partial charge in [-0.25, -0.2) is 28.4 Å². The number of hydrogen-bond donors (Lipinski definition) is 3. The largest absolute Gasteiger partial charge is 0.494 e. The van der Waals surface area contributed by atoms with Crippen molar-refractivity contribution < 1.29 is 31.9 Å². The van der Waals surface area contributed by atoms with Crippen LogP contribution in [0.3, 0.4) is 0 Å². The zero-order valence-corrected chi connectivity index (χ0v) is 21.5. The molecule has 2 unspecified atom stereocenters. The number of likely N-dealkylation sites (tertiary alicyclic amines) is 1. The SMILES string of the molecule is COc1cnc(C(F)F)cc1-c1cc(CC(=O)N2CC(F)(F)C2)ncc1C(=O)NC1NNC(C#CC2CC2)S1. The van der Waals surface area contributed by atoms with Gasteiger partial charge in [0.2, 0.25) is 5.91 Å². The Labute approximate surface area is 225 Å². The first-order valence-corrected chi connectivity index (χ1v) is 13.0. The van der Waals surface area contributed by atoms with Crippen LogP contribution < -0.4 is 20.9 Å². The Bertz CT molecular complexity index is 1340. The zero-order valence-electron chi connectivity index (χ0n) is 20.6. The number of rotatable bonds is 7. The number of pyridine rings is 2. The summed E-state index contributed by atoms with van der Waals surface area (Å²) in [5, 5.41) is 2.57. The van der Waals surface area contributed by atoms with Crippen molar-refractivity contribution in [2.75, 3.05) is 20.2 Å². The van der Waals surface area contributed by atoms with Crippen molar-refractivity contribution in [1.82, 2.24) is 31.0 Å². The highest BCUT2D eigenvalue weighted by atomic mass is 32.2. The van der Waals surface area contributed by atoms with E-state index in [0.29, 0.717) is 5.92 Å². The molecule has 14 heteroatoms. The van der Waals surface area contributed by atoms with Crippen LogP contribution in [0.15, 0.2) is 24.5 Å². The average molecular weight is 565 g/mol. The van der Waals surface area contributed by atoms with Crippen LogP contribution in [0.5, 0.6) is 5.75 Å². The van der Waals surface area contributed by atoms with Gasteiger partial charge in [0.15, 0.2) is 0 Å². The molecule has 0 radical (unpaired) electrons. The number of hydrazine groups is 1. The molecule has 1 aliphatic carbocycles. The van der Waals surface area contributed by atoms with E-state index in [1.165, 1.54) is 31.1 Å². The Kier molecular flexibility index (Phi) is 7.66. The third kappa shape index (κ3) is 6.43. The van der Waals surface area contributed by atoms with Crippen LogP contribution in [0.1, 0.15) is 41.0 Å². The molecule has 2 aromatic heterocycles. The molecule has 39 heavy (non-hydrogen) atoms. The summed E-state index contributed by atoms with van der Waals surface area (Å²) in [6, 6.07) is 2.50. The van der Waals surface area contributed by atoms with Crippen molar-refractivity contribution in [3.05, 3.63) is 41.5 Å². The number of ether oxygens (including phenoxy) is 1. The summed E-state index contributed by atoms with van der Waals surface area (Å²) in [4.78, 5) is 34.7. The van der Waals surface area contributed by atoms with Gasteiger partial charge in [-0.05, 0) is 25.0 Å². The maximum atomic E-state index is 13.5. The molecule has 3 N–H and O–H groups in total. The smallest absolute Gasteiger partial charge is 0.282 e. The number of halogens is 4. The van der Waals surface area contributed by atoms with E-state index in [-0.39, 0.29) is 39.9 Å². The lowest BCUT2D eigenvalue weighted by atomic mass is 9.98. The van der Waals surface area contributed by atoms with Gasteiger partial charge in [-0.1, -0.05) is 23.6 Å². The van der Waals surface area contributed by atoms with Crippen LogP contribution in [-0.2, 0) is 11.2 Å². The first kappa shape index (κ1) is 27.2. The maximum absolute atomic E-state index is 13.5. The van der Waals surface area contributed by atoms with E-state index in [9.17, 15) is 27.2 Å². The van der Waals surface area contributed by atoms with Crippen LogP contribution in [0.4, 0.5) is 17.6 Å². The molecule has 2 aliphatic heterocycles. The number of carbonyl (C=O) groups is 2. The van der Waals surface area contributed by atoms with Gasteiger partial charge in [-0.15, -0.1) is 0 Å². The van der Waals surface area contributed by atoms with Crippen molar-refractivity contribution >= 4 is 23.6 Å². The van der Waals surface area contributed by atoms with E-state index in [1.54, 1.807) is 0 Å². The molecule has 0 spiro atoms. The zero-order chi connectivity index (χ0) is 27.7. The van der Waals surface area contributed by atoms with E-state index in [2.05, 4.69) is 38.0 Å². The third-order valence-electron chi connectivity index (χ3n) is 6.23. The predicted octanol–water partition coefficient (Wildman–Crippen LogP) is 2.70. The number of aromatic nitrogens is 2. The molecular formula is C25H24F4N6O3S. The minimum absolute atomic E-state index is 0.0290. The highest BCUT2D eigenvalue weighted by molar-refractivity contribution is 8.00. The summed E-state index contributed by atoms with van der Waals surface area (Å²) >= 11 is 1.35. The van der Waals surface area contributed by atoms with Crippen molar-refractivity contribution in [1.29, 1.82) is 0 Å². The standard InChI is InChI=1S/C25H24F4N6O3S/c1-38-19-10-31-18(22(26)27)8-16(19)15-6-14(7-21(36)35-11-25(28,29)12-35)30-9-17(15)23(37)32-24-34-33-20(39-24)5-4-13-2-3-13/h6,8-10,13,20,22,24,33-34H,2-3,7,11-12H2,1H3,(H,32,37). The van der Waals surface area contributed by atoms with Crippen molar-refractivity contribution in [2.24, 2.45) is 5.92 Å². The first-order valence-electron chi connectivity index (χ1n) is 12.1. The van der Waals surface area contributed by atoms with Crippen molar-refractivity contribution in [3.8, 4) is 28.7 Å². The number of methoxy groups -OCH3 is 1. The quantitative estimate of drug-likeness (QED) is 0.348. The second-order valence-electron chi connectivity index (χ2n) is 9.34. The molecule has 0 bridgehead atoms. The Hall–Kier alpha value is -3.41. The van der Waals surface area contributed by atoms with Gasteiger partial charge in [0.25, 0.3) is 18.3 Å². The fraction of sp³-hybridized carbons (Fsp3) is 0.440. The van der Waals surface area contributed by atoms with Crippen LogP contribution >= 0.6 is 11.8 Å². The predicted molar refractivity (Wildman–Crippen MR) is 134 cm³/mol. The highest BCUT2D eigenvalue weighted by Crippen LogP contribution is 2.35. The molecule has 4 heterocycles. The van der Waals surface area contributed by atoms with Crippen molar-refractivity contribution in [2.45, 2.75) is 42.5 Å². The van der Waals surface area contributed by atoms with E-state index in [4.69, 9.17) is 4.74 Å². The molecular weight excluding hydrogens is 540 g/mol.